The molecule has 1 amide bonds. The molecule has 1 aromatic rings. The molecule has 1 atom stereocenters. The zero-order valence-corrected chi connectivity index (χ0v) is 15.5. The zero-order valence-electron chi connectivity index (χ0n) is 14.7. The van der Waals surface area contributed by atoms with E-state index in [4.69, 9.17) is 16.3 Å². The van der Waals surface area contributed by atoms with E-state index in [1.54, 1.807) is 19.2 Å². The van der Waals surface area contributed by atoms with Gasteiger partial charge in [0.2, 0.25) is 5.91 Å². The van der Waals surface area contributed by atoms with Crippen LogP contribution in [0.25, 0.3) is 0 Å². The number of hydrogen-bond donors (Lipinski definition) is 3. The van der Waals surface area contributed by atoms with E-state index in [9.17, 15) is 4.79 Å². The third-order valence-electron chi connectivity index (χ3n) is 3.17. The summed E-state index contributed by atoms with van der Waals surface area (Å²) in [5, 5.41) is 9.86. The molecule has 0 aliphatic heterocycles. The van der Waals surface area contributed by atoms with Crippen LogP contribution in [0.4, 0.5) is 0 Å². The number of nitrogens with zero attached hydrogens (tertiary/aromatic N) is 1. The highest BCUT2D eigenvalue weighted by atomic mass is 35.5. The van der Waals surface area contributed by atoms with Crippen LogP contribution < -0.4 is 20.7 Å². The van der Waals surface area contributed by atoms with Gasteiger partial charge in [0, 0.05) is 31.1 Å². The molecule has 0 saturated carbocycles. The number of ether oxygens (including phenoxy) is 1. The van der Waals surface area contributed by atoms with Gasteiger partial charge in [0.1, 0.15) is 11.9 Å². The first kappa shape index (κ1) is 20.1. The van der Waals surface area contributed by atoms with Gasteiger partial charge in [-0.15, -0.1) is 0 Å². The smallest absolute Gasteiger partial charge is 0.222 e. The summed E-state index contributed by atoms with van der Waals surface area (Å²) in [6, 6.07) is 7.26. The summed E-state index contributed by atoms with van der Waals surface area (Å²) in [6.45, 7) is 7.45. The Bertz CT molecular complexity index is 532. The minimum Gasteiger partial charge on any atom is -0.489 e. The van der Waals surface area contributed by atoms with Crippen molar-refractivity contribution in [2.24, 2.45) is 10.9 Å². The zero-order chi connectivity index (χ0) is 17.9. The number of amides is 1. The highest BCUT2D eigenvalue weighted by Gasteiger charge is 2.07. The molecule has 3 N–H and O–H groups in total. The number of halogens is 1. The van der Waals surface area contributed by atoms with Crippen LogP contribution in [-0.4, -0.2) is 44.7 Å². The molecule has 0 aromatic heterocycles. The molecule has 1 unspecified atom stereocenters. The molecule has 0 fully saturated rings. The lowest BCUT2D eigenvalue weighted by atomic mass is 10.2. The first-order valence-corrected chi connectivity index (χ1v) is 8.44. The number of carbonyl (C=O) groups excluding carboxylic acids is 1. The summed E-state index contributed by atoms with van der Waals surface area (Å²) in [5.41, 5.74) is 0. The highest BCUT2D eigenvalue weighted by molar-refractivity contribution is 6.30. The van der Waals surface area contributed by atoms with Crippen molar-refractivity contribution in [3.8, 4) is 5.75 Å². The monoisotopic (exact) mass is 354 g/mol. The van der Waals surface area contributed by atoms with Crippen molar-refractivity contribution in [1.29, 1.82) is 0 Å². The van der Waals surface area contributed by atoms with Crippen LogP contribution in [-0.2, 0) is 4.79 Å². The maximum absolute atomic E-state index is 11.5. The fourth-order valence-corrected chi connectivity index (χ4v) is 1.94. The van der Waals surface area contributed by atoms with Crippen molar-refractivity contribution < 1.29 is 9.53 Å². The lowest BCUT2D eigenvalue weighted by Gasteiger charge is -2.18. The molecule has 0 bridgehead atoms. The first-order chi connectivity index (χ1) is 11.4. The van der Waals surface area contributed by atoms with Gasteiger partial charge in [0.25, 0.3) is 0 Å². The average Bonchev–Trinajstić information content (AvgIpc) is 2.56. The minimum absolute atomic E-state index is 0.00620. The van der Waals surface area contributed by atoms with Crippen LogP contribution in [0.1, 0.15) is 20.8 Å². The van der Waals surface area contributed by atoms with Gasteiger partial charge in [-0.2, -0.15) is 0 Å². The standard InChI is InChI=1S/C17H27ClN4O2/c1-12(2)16(23)20-9-10-21-17(19-4)22-11-13(3)24-15-7-5-14(18)6-8-15/h5-8,12-13H,9-11H2,1-4H3,(H,20,23)(H2,19,21,22). The molecule has 134 valence electrons. The summed E-state index contributed by atoms with van der Waals surface area (Å²) >= 11 is 5.85. The summed E-state index contributed by atoms with van der Waals surface area (Å²) < 4.78 is 5.79. The maximum atomic E-state index is 11.5. The van der Waals surface area contributed by atoms with E-state index in [-0.39, 0.29) is 17.9 Å². The number of nitrogens with one attached hydrogen (secondary N) is 3. The van der Waals surface area contributed by atoms with Gasteiger partial charge >= 0.3 is 0 Å². The Balaban J connectivity index is 2.25. The Morgan fingerprint density at radius 2 is 1.75 bits per heavy atom. The Hall–Kier alpha value is -1.95. The van der Waals surface area contributed by atoms with Crippen LogP contribution >= 0.6 is 11.6 Å². The van der Waals surface area contributed by atoms with E-state index in [0.717, 1.165) is 5.75 Å². The van der Waals surface area contributed by atoms with E-state index in [2.05, 4.69) is 20.9 Å². The third kappa shape index (κ3) is 8.06. The van der Waals surface area contributed by atoms with Crippen LogP contribution in [0, 0.1) is 5.92 Å². The predicted molar refractivity (Wildman–Crippen MR) is 98.8 cm³/mol. The molecule has 1 rings (SSSR count). The summed E-state index contributed by atoms with van der Waals surface area (Å²) in [5.74, 6) is 1.48. The van der Waals surface area contributed by atoms with Crippen molar-refractivity contribution in [3.63, 3.8) is 0 Å². The molecule has 0 saturated heterocycles. The van der Waals surface area contributed by atoms with E-state index < -0.39 is 0 Å². The topological polar surface area (TPSA) is 74.8 Å². The second-order valence-corrected chi connectivity index (χ2v) is 6.14. The summed E-state index contributed by atoms with van der Waals surface area (Å²) in [6.07, 6.45) is -0.0367. The Kier molecular flexibility index (Phi) is 9.01. The summed E-state index contributed by atoms with van der Waals surface area (Å²) in [4.78, 5) is 15.6. The van der Waals surface area contributed by atoms with Gasteiger partial charge in [-0.3, -0.25) is 9.79 Å². The molecule has 24 heavy (non-hydrogen) atoms. The molecular weight excluding hydrogens is 328 g/mol. The van der Waals surface area contributed by atoms with Gasteiger partial charge in [0.15, 0.2) is 5.96 Å². The molecule has 0 aliphatic rings. The van der Waals surface area contributed by atoms with Gasteiger partial charge in [-0.25, -0.2) is 0 Å². The van der Waals surface area contributed by atoms with E-state index in [1.807, 2.05) is 32.9 Å². The van der Waals surface area contributed by atoms with Crippen molar-refractivity contribution in [3.05, 3.63) is 29.3 Å². The van der Waals surface area contributed by atoms with Gasteiger partial charge in [-0.1, -0.05) is 25.4 Å². The molecule has 0 heterocycles. The molecule has 0 radical (unpaired) electrons. The van der Waals surface area contributed by atoms with Crippen LogP contribution in [0.2, 0.25) is 5.02 Å². The number of benzene rings is 1. The van der Waals surface area contributed by atoms with Crippen molar-refractivity contribution >= 4 is 23.5 Å². The van der Waals surface area contributed by atoms with Crippen molar-refractivity contribution in [2.45, 2.75) is 26.9 Å². The van der Waals surface area contributed by atoms with Crippen LogP contribution in [0.15, 0.2) is 29.3 Å². The molecule has 0 aliphatic carbocycles. The largest absolute Gasteiger partial charge is 0.489 e. The Labute approximate surface area is 149 Å². The second kappa shape index (κ2) is 10.8. The molecular formula is C17H27ClN4O2. The summed E-state index contributed by atoms with van der Waals surface area (Å²) in [7, 11) is 1.70. The van der Waals surface area contributed by atoms with Crippen molar-refractivity contribution in [1.82, 2.24) is 16.0 Å². The van der Waals surface area contributed by atoms with E-state index >= 15 is 0 Å². The number of aliphatic imine (C=N–C) groups is 1. The number of rotatable bonds is 8. The van der Waals surface area contributed by atoms with Crippen molar-refractivity contribution in [2.75, 3.05) is 26.7 Å². The van der Waals surface area contributed by atoms with Crippen LogP contribution in [0.5, 0.6) is 5.75 Å². The normalized spacial score (nSPS) is 12.7. The quantitative estimate of drug-likeness (QED) is 0.379. The lowest BCUT2D eigenvalue weighted by molar-refractivity contribution is -0.123. The molecule has 1 aromatic carbocycles. The maximum Gasteiger partial charge on any atom is 0.222 e. The molecule has 6 nitrogen and oxygen atoms in total. The number of hydrogen-bond acceptors (Lipinski definition) is 3. The molecule has 7 heteroatoms. The fraction of sp³-hybridized carbons (Fsp3) is 0.529. The number of guanidine groups is 1. The lowest BCUT2D eigenvalue weighted by Crippen LogP contribution is -2.44. The Morgan fingerprint density at radius 1 is 1.12 bits per heavy atom. The minimum atomic E-state index is -0.0367. The predicted octanol–water partition coefficient (Wildman–Crippen LogP) is 2.04. The number of carbonyl (C=O) groups is 1. The Morgan fingerprint density at radius 3 is 2.33 bits per heavy atom. The average molecular weight is 355 g/mol. The van der Waals surface area contributed by atoms with Crippen LogP contribution in [0.3, 0.4) is 0 Å². The van der Waals surface area contributed by atoms with E-state index in [0.29, 0.717) is 30.6 Å². The van der Waals surface area contributed by atoms with Gasteiger partial charge < -0.3 is 20.7 Å². The van der Waals surface area contributed by atoms with Gasteiger partial charge in [0.05, 0.1) is 6.54 Å². The van der Waals surface area contributed by atoms with E-state index in [1.165, 1.54) is 0 Å². The highest BCUT2D eigenvalue weighted by Crippen LogP contribution is 2.16. The fourth-order valence-electron chi connectivity index (χ4n) is 1.82. The SMILES string of the molecule is CN=C(NCCNC(=O)C(C)C)NCC(C)Oc1ccc(Cl)cc1. The second-order valence-electron chi connectivity index (χ2n) is 5.71. The molecule has 0 spiro atoms. The first-order valence-electron chi connectivity index (χ1n) is 8.06. The third-order valence-corrected chi connectivity index (χ3v) is 3.42. The van der Waals surface area contributed by atoms with Gasteiger partial charge in [-0.05, 0) is 31.2 Å².